The van der Waals surface area contributed by atoms with Crippen molar-refractivity contribution in [2.75, 3.05) is 6.26 Å². The standard InChI is InChI=1S/C6H9NO3S2/c1-5-3-6(11-4-5)12(2,10)7(8)9/h3-4,12H,1-2H3. The zero-order valence-corrected chi connectivity index (χ0v) is 8.39. The fourth-order valence-corrected chi connectivity index (χ4v) is 3.09. The Balaban J connectivity index is 3.14. The third kappa shape index (κ3) is 1.54. The third-order valence-corrected chi connectivity index (χ3v) is 5.19. The monoisotopic (exact) mass is 207 g/mol. The number of nitrogens with zero attached hydrogens (tertiary/aromatic N) is 1. The number of nitro groups is 1. The summed E-state index contributed by atoms with van der Waals surface area (Å²) in [4.78, 5) is 10.4. The number of hydrogen-bond donors (Lipinski definition) is 1. The zero-order valence-electron chi connectivity index (χ0n) is 6.68. The lowest BCUT2D eigenvalue weighted by Crippen LogP contribution is -2.19. The highest BCUT2D eigenvalue weighted by Crippen LogP contribution is 2.24. The quantitative estimate of drug-likeness (QED) is 0.451. The average molecular weight is 207 g/mol. The number of rotatable bonds is 2. The van der Waals surface area contributed by atoms with E-state index in [9.17, 15) is 14.3 Å². The summed E-state index contributed by atoms with van der Waals surface area (Å²) in [6.45, 7) is 1.82. The first kappa shape index (κ1) is 9.34. The minimum Gasteiger partial charge on any atom is -0.250 e. The highest BCUT2D eigenvalue weighted by molar-refractivity contribution is 7.98. The summed E-state index contributed by atoms with van der Waals surface area (Å²) < 4.78 is 11.1. The summed E-state index contributed by atoms with van der Waals surface area (Å²) in [6.07, 6.45) is 1.18. The van der Waals surface area contributed by atoms with Gasteiger partial charge in [-0.3, -0.25) is 10.1 Å². The van der Waals surface area contributed by atoms with E-state index in [4.69, 9.17) is 0 Å². The highest BCUT2D eigenvalue weighted by Gasteiger charge is 2.23. The van der Waals surface area contributed by atoms with Crippen LogP contribution in [0.15, 0.2) is 15.7 Å². The molecule has 0 aromatic carbocycles. The zero-order chi connectivity index (χ0) is 9.35. The van der Waals surface area contributed by atoms with E-state index in [0.29, 0.717) is 4.21 Å². The topological polar surface area (TPSA) is 60.2 Å². The molecule has 1 heterocycles. The van der Waals surface area contributed by atoms with Crippen LogP contribution in [-0.4, -0.2) is 14.8 Å². The summed E-state index contributed by atoms with van der Waals surface area (Å²) in [6, 6.07) is 1.61. The van der Waals surface area contributed by atoms with Gasteiger partial charge in [0, 0.05) is 0 Å². The molecule has 4 nitrogen and oxygen atoms in total. The number of hydrogen-bond acceptors (Lipinski definition) is 4. The molecular weight excluding hydrogens is 198 g/mol. The van der Waals surface area contributed by atoms with Crippen LogP contribution in [0.4, 0.5) is 0 Å². The van der Waals surface area contributed by atoms with Gasteiger partial charge >= 0.3 is 0 Å². The molecule has 68 valence electrons. The minimum absolute atomic E-state index is 0.366. The van der Waals surface area contributed by atoms with Crippen molar-refractivity contribution in [3.8, 4) is 0 Å². The molecule has 6 heteroatoms. The van der Waals surface area contributed by atoms with E-state index in [-0.39, 0.29) is 0 Å². The number of aryl methyl sites for hydroxylation is 1. The molecule has 0 saturated carbocycles. The molecule has 12 heavy (non-hydrogen) atoms. The van der Waals surface area contributed by atoms with Gasteiger partial charge in [-0.25, -0.2) is 4.21 Å². The molecule has 1 aromatic heterocycles. The Morgan fingerprint density at radius 2 is 2.25 bits per heavy atom. The van der Waals surface area contributed by atoms with Crippen molar-refractivity contribution in [1.82, 2.24) is 0 Å². The Kier molecular flexibility index (Phi) is 2.29. The summed E-state index contributed by atoms with van der Waals surface area (Å²) >= 11 is 1.18. The molecule has 0 unspecified atom stereocenters. The lowest BCUT2D eigenvalue weighted by Gasteiger charge is -2.06. The van der Waals surface area contributed by atoms with Crippen molar-refractivity contribution in [3.63, 3.8) is 0 Å². The van der Waals surface area contributed by atoms with Crippen LogP contribution < -0.4 is 0 Å². The molecule has 0 saturated heterocycles. The summed E-state index contributed by atoms with van der Waals surface area (Å²) in [5, 5.41) is 12.1. The second kappa shape index (κ2) is 2.95. The lowest BCUT2D eigenvalue weighted by atomic mass is 10.4. The smallest absolute Gasteiger partial charge is 0.142 e. The van der Waals surface area contributed by atoms with Crippen molar-refractivity contribution in [1.29, 1.82) is 0 Å². The van der Waals surface area contributed by atoms with Crippen molar-refractivity contribution in [3.05, 3.63) is 27.1 Å². The Morgan fingerprint density at radius 1 is 1.67 bits per heavy atom. The molecule has 0 spiro atoms. The molecule has 0 amide bonds. The second-order valence-corrected chi connectivity index (χ2v) is 6.36. The normalized spacial score (nSPS) is 12.8. The van der Waals surface area contributed by atoms with Gasteiger partial charge in [0.1, 0.15) is 14.3 Å². The van der Waals surface area contributed by atoms with Crippen LogP contribution in [0, 0.1) is 17.0 Å². The highest BCUT2D eigenvalue weighted by atomic mass is 32.3. The van der Waals surface area contributed by atoms with Crippen molar-refractivity contribution in [2.45, 2.75) is 11.1 Å². The van der Waals surface area contributed by atoms with Crippen molar-refractivity contribution >= 4 is 21.5 Å². The van der Waals surface area contributed by atoms with Crippen LogP contribution in [0.5, 0.6) is 0 Å². The summed E-state index contributed by atoms with van der Waals surface area (Å²) in [5.74, 6) is 0. The second-order valence-electron chi connectivity index (χ2n) is 2.58. The maximum absolute atomic E-state index is 11.4. The summed E-state index contributed by atoms with van der Waals surface area (Å²) in [7, 11) is -3.36. The lowest BCUT2D eigenvalue weighted by molar-refractivity contribution is -0.302. The van der Waals surface area contributed by atoms with E-state index in [2.05, 4.69) is 0 Å². The van der Waals surface area contributed by atoms with E-state index < -0.39 is 14.4 Å². The van der Waals surface area contributed by atoms with Crippen LogP contribution in [0.2, 0.25) is 0 Å². The van der Waals surface area contributed by atoms with E-state index in [1.165, 1.54) is 17.6 Å². The van der Waals surface area contributed by atoms with Crippen LogP contribution in [0.25, 0.3) is 0 Å². The first-order chi connectivity index (χ1) is 5.44. The molecule has 1 rings (SSSR count). The van der Waals surface area contributed by atoms with Crippen LogP contribution in [0.3, 0.4) is 0 Å². The predicted molar refractivity (Wildman–Crippen MR) is 49.8 cm³/mol. The Bertz CT molecular complexity index is 357. The molecule has 0 atom stereocenters. The first-order valence-corrected chi connectivity index (χ1v) is 6.21. The van der Waals surface area contributed by atoms with Crippen LogP contribution in [0.1, 0.15) is 5.56 Å². The van der Waals surface area contributed by atoms with Gasteiger partial charge in [0.25, 0.3) is 0 Å². The number of thiophene rings is 1. The van der Waals surface area contributed by atoms with Gasteiger partial charge in [-0.2, -0.15) is 0 Å². The maximum Gasteiger partial charge on any atom is 0.142 e. The molecule has 0 radical (unpaired) electrons. The van der Waals surface area contributed by atoms with Crippen molar-refractivity contribution < 1.29 is 8.54 Å². The van der Waals surface area contributed by atoms with Crippen molar-refractivity contribution in [2.24, 2.45) is 0 Å². The van der Waals surface area contributed by atoms with E-state index >= 15 is 0 Å². The average Bonchev–Trinajstić information content (AvgIpc) is 2.35. The van der Waals surface area contributed by atoms with Crippen LogP contribution >= 0.6 is 11.3 Å². The van der Waals surface area contributed by atoms with Gasteiger partial charge in [0.15, 0.2) is 0 Å². The molecular formula is C6H9NO3S2. The molecule has 0 aliphatic carbocycles. The van der Waals surface area contributed by atoms with E-state index in [1.54, 1.807) is 11.4 Å². The van der Waals surface area contributed by atoms with Gasteiger partial charge in [0.2, 0.25) is 0 Å². The first-order valence-electron chi connectivity index (χ1n) is 3.22. The maximum atomic E-state index is 11.4. The Morgan fingerprint density at radius 3 is 2.58 bits per heavy atom. The van der Waals surface area contributed by atoms with Gasteiger partial charge in [-0.05, 0) is 23.9 Å². The molecule has 0 aliphatic heterocycles. The molecule has 0 N–H and O–H groups in total. The summed E-state index contributed by atoms with van der Waals surface area (Å²) in [5.41, 5.74) is 0.916. The molecule has 1 aromatic rings. The van der Waals surface area contributed by atoms with Crippen LogP contribution in [-0.2, 0) is 10.1 Å². The largest absolute Gasteiger partial charge is 0.250 e. The van der Waals surface area contributed by atoms with Gasteiger partial charge in [0.05, 0.1) is 10.6 Å². The fraction of sp³-hybridized carbons (Fsp3) is 0.333. The molecule has 0 bridgehead atoms. The molecule has 0 fully saturated rings. The van der Waals surface area contributed by atoms with E-state index in [0.717, 1.165) is 5.56 Å². The Hall–Kier alpha value is -0.750. The minimum atomic E-state index is -3.36. The number of thiol groups is 1. The Labute approximate surface area is 74.9 Å². The van der Waals surface area contributed by atoms with E-state index in [1.807, 2.05) is 6.92 Å². The fourth-order valence-electron chi connectivity index (χ4n) is 0.714. The molecule has 0 aliphatic rings. The third-order valence-electron chi connectivity index (χ3n) is 1.44. The SMILES string of the molecule is Cc1csc([SH](C)(=O)[N+](=O)[O-])c1. The van der Waals surface area contributed by atoms with Gasteiger partial charge in [-0.1, -0.05) is 0 Å². The predicted octanol–water partition coefficient (Wildman–Crippen LogP) is 1.25. The van der Waals surface area contributed by atoms with Gasteiger partial charge in [-0.15, -0.1) is 11.3 Å². The van der Waals surface area contributed by atoms with Gasteiger partial charge < -0.3 is 0 Å².